The van der Waals surface area contributed by atoms with Crippen LogP contribution < -0.4 is 5.32 Å². The highest BCUT2D eigenvalue weighted by Gasteiger charge is 2.56. The van der Waals surface area contributed by atoms with Crippen molar-refractivity contribution >= 4 is 11.8 Å². The summed E-state index contributed by atoms with van der Waals surface area (Å²) in [7, 11) is 0. The monoisotopic (exact) mass is 317 g/mol. The number of halogens is 3. The van der Waals surface area contributed by atoms with E-state index in [4.69, 9.17) is 0 Å². The summed E-state index contributed by atoms with van der Waals surface area (Å²) in [5.74, 6) is -3.52. The minimum absolute atomic E-state index is 0.0590. The van der Waals surface area contributed by atoms with Crippen LogP contribution in [0, 0.1) is 24.4 Å². The molecular formula is C17H10F3NO2. The Morgan fingerprint density at radius 1 is 0.957 bits per heavy atom. The zero-order chi connectivity index (χ0) is 16.5. The van der Waals surface area contributed by atoms with Gasteiger partial charge in [0.25, 0.3) is 0 Å². The molecule has 2 aromatic rings. The average molecular weight is 317 g/mol. The number of hydrogen-bond acceptors (Lipinski definition) is 2. The summed E-state index contributed by atoms with van der Waals surface area (Å²) in [6.07, 6.45) is -0.294. The molecule has 1 heterocycles. The lowest BCUT2D eigenvalue weighted by molar-refractivity contribution is -0.125. The molecule has 2 amide bonds. The van der Waals surface area contributed by atoms with Gasteiger partial charge in [-0.25, -0.2) is 13.2 Å². The Kier molecular flexibility index (Phi) is 2.57. The first-order chi connectivity index (χ1) is 10.8. The molecular weight excluding hydrogens is 307 g/mol. The van der Waals surface area contributed by atoms with E-state index in [9.17, 15) is 22.8 Å². The second-order valence-corrected chi connectivity index (χ2v) is 5.91. The highest BCUT2D eigenvalue weighted by Crippen LogP contribution is 2.54. The number of carbonyl (C=O) groups is 2. The molecule has 1 fully saturated rings. The van der Waals surface area contributed by atoms with E-state index >= 15 is 0 Å². The fourth-order valence-electron chi connectivity index (χ4n) is 3.75. The molecule has 0 bridgehead atoms. The SMILES string of the molecule is Cc1cc(F)cc2c1-c1c(F)cc(F)cc1C21CC(=O)NC1=O. The molecule has 0 saturated carbocycles. The van der Waals surface area contributed by atoms with E-state index in [0.29, 0.717) is 11.1 Å². The van der Waals surface area contributed by atoms with E-state index in [0.717, 1.165) is 18.2 Å². The Morgan fingerprint density at radius 2 is 1.57 bits per heavy atom. The predicted octanol–water partition coefficient (Wildman–Crippen LogP) is 2.73. The molecule has 1 saturated heterocycles. The predicted molar refractivity (Wildman–Crippen MR) is 75.0 cm³/mol. The van der Waals surface area contributed by atoms with Gasteiger partial charge in [0.15, 0.2) is 0 Å². The van der Waals surface area contributed by atoms with Crippen molar-refractivity contribution in [3.05, 3.63) is 58.4 Å². The molecule has 1 atom stereocenters. The maximum Gasteiger partial charge on any atom is 0.242 e. The number of carbonyl (C=O) groups excluding carboxylic acids is 2. The van der Waals surface area contributed by atoms with Gasteiger partial charge in [0.05, 0.1) is 0 Å². The molecule has 1 unspecified atom stereocenters. The molecule has 3 nitrogen and oxygen atoms in total. The number of amides is 2. The molecule has 2 aliphatic rings. The van der Waals surface area contributed by atoms with Crippen molar-refractivity contribution in [2.45, 2.75) is 18.8 Å². The van der Waals surface area contributed by atoms with Crippen LogP contribution in [-0.2, 0) is 15.0 Å². The minimum atomic E-state index is -1.57. The smallest absolute Gasteiger partial charge is 0.242 e. The average Bonchev–Trinajstić information content (AvgIpc) is 2.88. The summed E-state index contributed by atoms with van der Waals surface area (Å²) in [5.41, 5.74) is -0.458. The van der Waals surface area contributed by atoms with Gasteiger partial charge in [0.1, 0.15) is 22.9 Å². The second kappa shape index (κ2) is 4.22. The lowest BCUT2D eigenvalue weighted by Gasteiger charge is -2.22. The summed E-state index contributed by atoms with van der Waals surface area (Å²) in [4.78, 5) is 24.2. The van der Waals surface area contributed by atoms with Crippen molar-refractivity contribution in [2.75, 3.05) is 0 Å². The van der Waals surface area contributed by atoms with Gasteiger partial charge in [-0.15, -0.1) is 0 Å². The van der Waals surface area contributed by atoms with E-state index in [-0.39, 0.29) is 23.1 Å². The maximum absolute atomic E-state index is 14.4. The van der Waals surface area contributed by atoms with E-state index in [1.54, 1.807) is 6.92 Å². The Bertz CT molecular complexity index is 863. The lowest BCUT2D eigenvalue weighted by atomic mass is 9.76. The Hall–Kier alpha value is -2.63. The molecule has 4 rings (SSSR count). The fraction of sp³-hybridized carbons (Fsp3) is 0.176. The zero-order valence-electron chi connectivity index (χ0n) is 12.0. The molecule has 2 aromatic carbocycles. The maximum atomic E-state index is 14.4. The number of hydrogen-bond donors (Lipinski definition) is 1. The molecule has 6 heteroatoms. The number of imide groups is 1. The van der Waals surface area contributed by atoms with Crippen LogP contribution in [-0.4, -0.2) is 11.8 Å². The van der Waals surface area contributed by atoms with Crippen LogP contribution in [0.15, 0.2) is 24.3 Å². The molecule has 23 heavy (non-hydrogen) atoms. The van der Waals surface area contributed by atoms with Gasteiger partial charge in [-0.05, 0) is 47.4 Å². The van der Waals surface area contributed by atoms with Crippen molar-refractivity contribution in [3.8, 4) is 11.1 Å². The van der Waals surface area contributed by atoms with Crippen molar-refractivity contribution in [3.63, 3.8) is 0 Å². The van der Waals surface area contributed by atoms with E-state index < -0.39 is 34.7 Å². The van der Waals surface area contributed by atoms with Gasteiger partial charge in [0.2, 0.25) is 11.8 Å². The molecule has 0 aromatic heterocycles. The first-order valence-corrected chi connectivity index (χ1v) is 6.99. The number of benzene rings is 2. The molecule has 1 N–H and O–H groups in total. The first kappa shape index (κ1) is 14.0. The topological polar surface area (TPSA) is 46.2 Å². The number of fused-ring (bicyclic) bond motifs is 5. The molecule has 1 aliphatic carbocycles. The van der Waals surface area contributed by atoms with Gasteiger partial charge in [-0.1, -0.05) is 0 Å². The van der Waals surface area contributed by atoms with Crippen molar-refractivity contribution < 1.29 is 22.8 Å². The fourth-order valence-corrected chi connectivity index (χ4v) is 3.75. The summed E-state index contributed by atoms with van der Waals surface area (Å²) >= 11 is 0. The summed E-state index contributed by atoms with van der Waals surface area (Å²) < 4.78 is 42.1. The normalized spacial score (nSPS) is 21.6. The van der Waals surface area contributed by atoms with Gasteiger partial charge in [-0.2, -0.15) is 0 Å². The first-order valence-electron chi connectivity index (χ1n) is 6.99. The number of rotatable bonds is 0. The molecule has 0 radical (unpaired) electrons. The summed E-state index contributed by atoms with van der Waals surface area (Å²) in [6.45, 7) is 1.59. The summed E-state index contributed by atoms with van der Waals surface area (Å²) in [5, 5.41) is 2.16. The van der Waals surface area contributed by atoms with Gasteiger partial charge in [0, 0.05) is 18.1 Å². The van der Waals surface area contributed by atoms with Crippen LogP contribution in [0.3, 0.4) is 0 Å². The Morgan fingerprint density at radius 3 is 2.17 bits per heavy atom. The second-order valence-electron chi connectivity index (χ2n) is 5.91. The largest absolute Gasteiger partial charge is 0.295 e. The quantitative estimate of drug-likeness (QED) is 0.760. The van der Waals surface area contributed by atoms with Crippen molar-refractivity contribution in [1.29, 1.82) is 0 Å². The zero-order valence-corrected chi connectivity index (χ0v) is 12.0. The third-order valence-electron chi connectivity index (χ3n) is 4.59. The third-order valence-corrected chi connectivity index (χ3v) is 4.59. The van der Waals surface area contributed by atoms with Crippen LogP contribution in [0.5, 0.6) is 0 Å². The lowest BCUT2D eigenvalue weighted by Crippen LogP contribution is -2.35. The number of aryl methyl sites for hydroxylation is 1. The highest BCUT2D eigenvalue weighted by atomic mass is 19.1. The van der Waals surface area contributed by atoms with Crippen LogP contribution in [0.1, 0.15) is 23.1 Å². The third kappa shape index (κ3) is 1.60. The van der Waals surface area contributed by atoms with Gasteiger partial charge >= 0.3 is 0 Å². The molecule has 1 aliphatic heterocycles. The molecule has 116 valence electrons. The van der Waals surface area contributed by atoms with Crippen LogP contribution in [0.4, 0.5) is 13.2 Å². The van der Waals surface area contributed by atoms with E-state index in [1.807, 2.05) is 0 Å². The van der Waals surface area contributed by atoms with Gasteiger partial charge < -0.3 is 0 Å². The number of nitrogens with one attached hydrogen (secondary N) is 1. The van der Waals surface area contributed by atoms with Crippen molar-refractivity contribution in [2.24, 2.45) is 0 Å². The van der Waals surface area contributed by atoms with Crippen LogP contribution in [0.2, 0.25) is 0 Å². The van der Waals surface area contributed by atoms with Crippen LogP contribution in [0.25, 0.3) is 11.1 Å². The molecule has 1 spiro atoms. The Balaban J connectivity index is 2.20. The van der Waals surface area contributed by atoms with E-state index in [2.05, 4.69) is 5.32 Å². The minimum Gasteiger partial charge on any atom is -0.295 e. The summed E-state index contributed by atoms with van der Waals surface area (Å²) in [6, 6.07) is 4.12. The standard InChI is InChI=1S/C17H10F3NO2/c1-7-2-8(18)3-10-14(7)15-11(4-9(19)5-12(15)20)17(10)6-13(22)21-16(17)23/h2-5H,6H2,1H3,(H,21,22,23). The van der Waals surface area contributed by atoms with Crippen LogP contribution >= 0.6 is 0 Å². The van der Waals surface area contributed by atoms with Gasteiger partial charge in [-0.3, -0.25) is 14.9 Å². The van der Waals surface area contributed by atoms with Crippen molar-refractivity contribution in [1.82, 2.24) is 5.32 Å². The van der Waals surface area contributed by atoms with E-state index in [1.165, 1.54) is 6.07 Å². The Labute approximate surface area is 129 Å². The highest BCUT2D eigenvalue weighted by molar-refractivity contribution is 6.14.